The van der Waals surface area contributed by atoms with Crippen molar-refractivity contribution in [1.82, 2.24) is 20.5 Å². The average molecular weight is 464 g/mol. The van der Waals surface area contributed by atoms with Gasteiger partial charge in [0, 0.05) is 45.0 Å². The van der Waals surface area contributed by atoms with Gasteiger partial charge in [-0.2, -0.15) is 0 Å². The summed E-state index contributed by atoms with van der Waals surface area (Å²) in [5.74, 6) is 1.16. The summed E-state index contributed by atoms with van der Waals surface area (Å²) >= 11 is 0. The van der Waals surface area contributed by atoms with Crippen molar-refractivity contribution in [2.24, 2.45) is 0 Å². The van der Waals surface area contributed by atoms with Crippen LogP contribution in [0.4, 0.5) is 10.6 Å². The first-order valence-electron chi connectivity index (χ1n) is 11.6. The quantitative estimate of drug-likeness (QED) is 0.635. The number of nitrogens with zero attached hydrogens (tertiary/aromatic N) is 3. The number of aromatic nitrogens is 1. The van der Waals surface area contributed by atoms with Crippen LogP contribution in [0.2, 0.25) is 0 Å². The number of carbonyl (C=O) groups is 3. The van der Waals surface area contributed by atoms with E-state index < -0.39 is 17.5 Å². The lowest BCUT2D eigenvalue weighted by molar-refractivity contribution is -0.126. The number of rotatable bonds is 6. The number of imide groups is 1. The second kappa shape index (κ2) is 8.72. The number of nitrogens with one attached hydrogen (secondary N) is 2. The van der Waals surface area contributed by atoms with Gasteiger partial charge < -0.3 is 19.9 Å². The first-order valence-corrected chi connectivity index (χ1v) is 11.6. The smallest absolute Gasteiger partial charge is 0.322 e. The zero-order valence-corrected chi connectivity index (χ0v) is 19.5. The van der Waals surface area contributed by atoms with Crippen LogP contribution in [0.15, 0.2) is 36.5 Å². The van der Waals surface area contributed by atoms with Crippen LogP contribution in [-0.2, 0) is 15.1 Å². The first kappa shape index (κ1) is 22.3. The highest BCUT2D eigenvalue weighted by atomic mass is 16.5. The molecule has 2 aliphatic heterocycles. The summed E-state index contributed by atoms with van der Waals surface area (Å²) in [6.45, 7) is 4.77. The molecule has 5 rings (SSSR count). The van der Waals surface area contributed by atoms with Crippen molar-refractivity contribution < 1.29 is 19.1 Å². The van der Waals surface area contributed by atoms with E-state index in [9.17, 15) is 14.4 Å². The lowest BCUT2D eigenvalue weighted by atomic mass is 9.90. The van der Waals surface area contributed by atoms with Gasteiger partial charge in [-0.15, -0.1) is 0 Å². The molecule has 1 atom stereocenters. The molecule has 0 radical (unpaired) electrons. The van der Waals surface area contributed by atoms with Gasteiger partial charge in [-0.3, -0.25) is 14.9 Å². The molecule has 1 unspecified atom stereocenters. The monoisotopic (exact) mass is 463 g/mol. The van der Waals surface area contributed by atoms with Gasteiger partial charge in [0.05, 0.1) is 6.61 Å². The SMILES string of the molecule is COCC1(c2ccc(C(=O)N3CCN(c4ncc(C5CC5)cc4C)CC3)cc2)NC(=O)NC1=O. The predicted molar refractivity (Wildman–Crippen MR) is 126 cm³/mol. The Kier molecular flexibility index (Phi) is 5.73. The van der Waals surface area contributed by atoms with E-state index >= 15 is 0 Å². The van der Waals surface area contributed by atoms with Gasteiger partial charge in [0.25, 0.3) is 11.8 Å². The van der Waals surface area contributed by atoms with Gasteiger partial charge in [-0.05, 0) is 54.5 Å². The normalized spacial score (nSPS) is 22.5. The molecule has 1 aromatic carbocycles. The zero-order valence-electron chi connectivity index (χ0n) is 19.5. The molecular formula is C25H29N5O4. The number of ether oxygens (including phenoxy) is 1. The van der Waals surface area contributed by atoms with Gasteiger partial charge in [0.15, 0.2) is 5.54 Å². The minimum absolute atomic E-state index is 0.00505. The molecule has 2 N–H and O–H groups in total. The summed E-state index contributed by atoms with van der Waals surface area (Å²) in [4.78, 5) is 46.1. The van der Waals surface area contributed by atoms with Crippen LogP contribution in [0.25, 0.3) is 0 Å². The van der Waals surface area contributed by atoms with Crippen LogP contribution in [0, 0.1) is 6.92 Å². The molecule has 2 aromatic rings. The Bertz CT molecular complexity index is 1120. The maximum atomic E-state index is 13.1. The standard InChI is InChI=1S/C25H29N5O4/c1-16-13-19(17-3-4-17)14-26-21(16)29-9-11-30(12-10-29)22(31)18-5-7-20(8-6-18)25(15-34-2)23(32)27-24(33)28-25/h5-8,13-14,17H,3-4,9-12,15H2,1-2H3,(H2,27,28,32,33). The fourth-order valence-corrected chi connectivity index (χ4v) is 4.86. The number of aryl methyl sites for hydroxylation is 1. The molecule has 3 fully saturated rings. The third-order valence-corrected chi connectivity index (χ3v) is 6.91. The van der Waals surface area contributed by atoms with E-state index in [4.69, 9.17) is 9.72 Å². The summed E-state index contributed by atoms with van der Waals surface area (Å²) in [5, 5.41) is 4.91. The molecule has 4 amide bonds. The van der Waals surface area contributed by atoms with Crippen molar-refractivity contribution in [1.29, 1.82) is 0 Å². The molecule has 1 saturated carbocycles. The van der Waals surface area contributed by atoms with Crippen LogP contribution in [-0.4, -0.2) is 67.6 Å². The number of carbonyl (C=O) groups excluding carboxylic acids is 3. The predicted octanol–water partition coefficient (Wildman–Crippen LogP) is 1.91. The van der Waals surface area contributed by atoms with E-state index in [2.05, 4.69) is 28.5 Å². The average Bonchev–Trinajstić information content (AvgIpc) is 3.65. The maximum absolute atomic E-state index is 13.1. The lowest BCUT2D eigenvalue weighted by Gasteiger charge is -2.36. The van der Waals surface area contributed by atoms with Crippen LogP contribution in [0.5, 0.6) is 0 Å². The minimum atomic E-state index is -1.29. The van der Waals surface area contributed by atoms with Crippen molar-refractivity contribution in [2.45, 2.75) is 31.2 Å². The van der Waals surface area contributed by atoms with Crippen molar-refractivity contribution in [3.63, 3.8) is 0 Å². The largest absolute Gasteiger partial charge is 0.381 e. The molecule has 9 nitrogen and oxygen atoms in total. The highest BCUT2D eigenvalue weighted by molar-refractivity contribution is 6.07. The molecule has 9 heteroatoms. The van der Waals surface area contributed by atoms with Gasteiger partial charge in [0.2, 0.25) is 0 Å². The van der Waals surface area contributed by atoms with Crippen molar-refractivity contribution in [2.75, 3.05) is 44.8 Å². The van der Waals surface area contributed by atoms with Gasteiger partial charge >= 0.3 is 6.03 Å². The fourth-order valence-electron chi connectivity index (χ4n) is 4.86. The third-order valence-electron chi connectivity index (χ3n) is 6.91. The van der Waals surface area contributed by atoms with Gasteiger partial charge in [-0.1, -0.05) is 18.2 Å². The molecule has 0 bridgehead atoms. The number of hydrogen-bond acceptors (Lipinski definition) is 6. The number of hydrogen-bond donors (Lipinski definition) is 2. The highest BCUT2D eigenvalue weighted by Gasteiger charge is 2.48. The second-order valence-corrected chi connectivity index (χ2v) is 9.29. The minimum Gasteiger partial charge on any atom is -0.381 e. The number of amides is 4. The van der Waals surface area contributed by atoms with Crippen LogP contribution in [0.3, 0.4) is 0 Å². The van der Waals surface area contributed by atoms with E-state index in [0.717, 1.165) is 18.9 Å². The van der Waals surface area contributed by atoms with E-state index in [-0.39, 0.29) is 12.5 Å². The van der Waals surface area contributed by atoms with Crippen LogP contribution in [0.1, 0.15) is 45.8 Å². The summed E-state index contributed by atoms with van der Waals surface area (Å²) < 4.78 is 5.19. The molecule has 1 aliphatic carbocycles. The molecule has 2 saturated heterocycles. The molecule has 3 heterocycles. The molecule has 34 heavy (non-hydrogen) atoms. The Hall–Kier alpha value is -3.46. The van der Waals surface area contributed by atoms with Crippen molar-refractivity contribution in [3.8, 4) is 0 Å². The Morgan fingerprint density at radius 1 is 1.15 bits per heavy atom. The molecule has 3 aliphatic rings. The number of methoxy groups -OCH3 is 1. The molecule has 178 valence electrons. The Balaban J connectivity index is 1.24. The third kappa shape index (κ3) is 4.00. The molecule has 1 aromatic heterocycles. The fraction of sp³-hybridized carbons (Fsp3) is 0.440. The Labute approximate surface area is 198 Å². The maximum Gasteiger partial charge on any atom is 0.322 e. The number of anilines is 1. The lowest BCUT2D eigenvalue weighted by Crippen LogP contribution is -2.49. The summed E-state index contributed by atoms with van der Waals surface area (Å²) in [6, 6.07) is 8.47. The number of piperazine rings is 1. The second-order valence-electron chi connectivity index (χ2n) is 9.29. The van der Waals surface area contributed by atoms with E-state index in [1.807, 2.05) is 11.1 Å². The Morgan fingerprint density at radius 2 is 1.85 bits per heavy atom. The summed E-state index contributed by atoms with van der Waals surface area (Å²) in [7, 11) is 1.47. The first-order chi connectivity index (χ1) is 16.4. The van der Waals surface area contributed by atoms with Crippen molar-refractivity contribution in [3.05, 3.63) is 58.8 Å². The Morgan fingerprint density at radius 3 is 2.41 bits per heavy atom. The van der Waals surface area contributed by atoms with Crippen LogP contribution >= 0.6 is 0 Å². The van der Waals surface area contributed by atoms with Crippen LogP contribution < -0.4 is 15.5 Å². The highest BCUT2D eigenvalue weighted by Crippen LogP contribution is 2.40. The zero-order chi connectivity index (χ0) is 23.9. The topological polar surface area (TPSA) is 104 Å². The van der Waals surface area contributed by atoms with E-state index in [0.29, 0.717) is 30.1 Å². The molecule has 0 spiro atoms. The van der Waals surface area contributed by atoms with E-state index in [1.54, 1.807) is 24.3 Å². The number of benzene rings is 1. The number of pyridine rings is 1. The summed E-state index contributed by atoms with van der Waals surface area (Å²) in [5.41, 5.74) is 2.33. The molecular weight excluding hydrogens is 434 g/mol. The van der Waals surface area contributed by atoms with Gasteiger partial charge in [-0.25, -0.2) is 9.78 Å². The van der Waals surface area contributed by atoms with Gasteiger partial charge in [0.1, 0.15) is 5.82 Å². The van der Waals surface area contributed by atoms with Crippen molar-refractivity contribution >= 4 is 23.7 Å². The summed E-state index contributed by atoms with van der Waals surface area (Å²) in [6.07, 6.45) is 4.53. The number of urea groups is 1. The van der Waals surface area contributed by atoms with E-state index in [1.165, 1.54) is 31.1 Å².